The Morgan fingerprint density at radius 3 is 2.67 bits per heavy atom. The lowest BCUT2D eigenvalue weighted by molar-refractivity contribution is 0.0599. The highest BCUT2D eigenvalue weighted by molar-refractivity contribution is 6.00. The number of para-hydroxylation sites is 1. The van der Waals surface area contributed by atoms with E-state index in [4.69, 9.17) is 4.74 Å². The first kappa shape index (κ1) is 17.2. The van der Waals surface area contributed by atoms with Gasteiger partial charge in [-0.3, -0.25) is 4.79 Å². The van der Waals surface area contributed by atoms with Crippen LogP contribution >= 0.6 is 0 Å². The third-order valence-electron chi connectivity index (χ3n) is 5.38. The molecule has 2 fully saturated rings. The second-order valence-corrected chi connectivity index (χ2v) is 6.98. The molecule has 3 rings (SSSR count). The van der Waals surface area contributed by atoms with Crippen molar-refractivity contribution in [3.05, 3.63) is 29.8 Å². The Hall–Kier alpha value is -1.59. The van der Waals surface area contributed by atoms with Gasteiger partial charge in [0.2, 0.25) is 0 Å². The number of anilines is 1. The molecule has 1 heterocycles. The summed E-state index contributed by atoms with van der Waals surface area (Å²) in [7, 11) is 1.76. The highest BCUT2D eigenvalue weighted by Gasteiger charge is 2.27. The Morgan fingerprint density at radius 2 is 2.00 bits per heavy atom. The molecular weight excluding hydrogens is 304 g/mol. The summed E-state index contributed by atoms with van der Waals surface area (Å²) in [6.45, 7) is 1.93. The van der Waals surface area contributed by atoms with Gasteiger partial charge in [0.1, 0.15) is 0 Å². The number of amides is 1. The minimum Gasteiger partial charge on any atom is -0.396 e. The van der Waals surface area contributed by atoms with E-state index >= 15 is 0 Å². The number of aliphatic hydroxyl groups is 1. The van der Waals surface area contributed by atoms with Gasteiger partial charge in [-0.1, -0.05) is 12.1 Å². The Kier molecular flexibility index (Phi) is 5.74. The molecule has 1 saturated carbocycles. The summed E-state index contributed by atoms with van der Waals surface area (Å²) >= 11 is 0. The van der Waals surface area contributed by atoms with Crippen LogP contribution in [0, 0.1) is 5.92 Å². The molecule has 0 aromatic heterocycles. The molecule has 5 heteroatoms. The summed E-state index contributed by atoms with van der Waals surface area (Å²) in [6.07, 6.45) is 5.28. The number of hydrogen-bond donors (Lipinski definition) is 2. The second-order valence-electron chi connectivity index (χ2n) is 6.98. The van der Waals surface area contributed by atoms with Gasteiger partial charge in [-0.15, -0.1) is 0 Å². The van der Waals surface area contributed by atoms with Gasteiger partial charge in [-0.2, -0.15) is 0 Å². The van der Waals surface area contributed by atoms with Gasteiger partial charge in [-0.25, -0.2) is 0 Å². The highest BCUT2D eigenvalue weighted by atomic mass is 16.5. The highest BCUT2D eigenvalue weighted by Crippen LogP contribution is 2.28. The lowest BCUT2D eigenvalue weighted by atomic mass is 9.92. The zero-order chi connectivity index (χ0) is 16.9. The number of hydrogen-bond acceptors (Lipinski definition) is 4. The van der Waals surface area contributed by atoms with Gasteiger partial charge < -0.3 is 20.1 Å². The maximum atomic E-state index is 12.8. The Balaban J connectivity index is 1.65. The zero-order valence-electron chi connectivity index (χ0n) is 14.4. The van der Waals surface area contributed by atoms with Crippen molar-refractivity contribution in [2.75, 3.05) is 31.7 Å². The smallest absolute Gasteiger partial charge is 0.253 e. The summed E-state index contributed by atoms with van der Waals surface area (Å²) < 4.78 is 5.40. The second kappa shape index (κ2) is 7.99. The lowest BCUT2D eigenvalue weighted by Crippen LogP contribution is -2.39. The summed E-state index contributed by atoms with van der Waals surface area (Å²) in [5, 5.41) is 12.5. The van der Waals surface area contributed by atoms with Crippen molar-refractivity contribution in [3.8, 4) is 0 Å². The standard InChI is InChI=1S/C19H28N2O3/c1-24-16-8-6-15(7-9-16)20-19(23)17-4-2-3-5-18(17)21-11-10-14(12-21)13-22/h2-5,14-16,22H,6-13H2,1H3,(H,20,23)/t14-,15-,16-/m0/s1. The van der Waals surface area contributed by atoms with Gasteiger partial charge in [0.25, 0.3) is 5.91 Å². The summed E-state index contributed by atoms with van der Waals surface area (Å²) in [6, 6.07) is 8.04. The van der Waals surface area contributed by atoms with Crippen LogP contribution in [0.1, 0.15) is 42.5 Å². The Bertz CT molecular complexity index is 555. The molecule has 1 aliphatic carbocycles. The molecule has 1 aromatic carbocycles. The van der Waals surface area contributed by atoms with Crippen molar-refractivity contribution in [2.24, 2.45) is 5.92 Å². The maximum Gasteiger partial charge on any atom is 0.253 e. The van der Waals surface area contributed by atoms with Crippen LogP contribution in [-0.4, -0.2) is 50.0 Å². The lowest BCUT2D eigenvalue weighted by Gasteiger charge is -2.29. The molecule has 5 nitrogen and oxygen atoms in total. The topological polar surface area (TPSA) is 61.8 Å². The van der Waals surface area contributed by atoms with Crippen molar-refractivity contribution in [2.45, 2.75) is 44.2 Å². The first-order chi connectivity index (χ1) is 11.7. The number of nitrogens with one attached hydrogen (secondary N) is 1. The number of nitrogens with zero attached hydrogens (tertiary/aromatic N) is 1. The molecule has 1 amide bonds. The van der Waals surface area contributed by atoms with Crippen molar-refractivity contribution in [1.82, 2.24) is 5.32 Å². The fourth-order valence-electron chi connectivity index (χ4n) is 3.85. The van der Waals surface area contributed by atoms with Crippen LogP contribution in [0.15, 0.2) is 24.3 Å². The minimum atomic E-state index is 0.0129. The third kappa shape index (κ3) is 3.90. The van der Waals surface area contributed by atoms with E-state index in [0.29, 0.717) is 12.0 Å². The van der Waals surface area contributed by atoms with Crippen molar-refractivity contribution >= 4 is 11.6 Å². The molecule has 2 N–H and O–H groups in total. The minimum absolute atomic E-state index is 0.0129. The van der Waals surface area contributed by atoms with Crippen molar-refractivity contribution in [3.63, 3.8) is 0 Å². The molecule has 132 valence electrons. The number of rotatable bonds is 5. The molecule has 1 saturated heterocycles. The fourth-order valence-corrected chi connectivity index (χ4v) is 3.85. The van der Waals surface area contributed by atoms with Gasteiger partial charge >= 0.3 is 0 Å². The molecule has 0 bridgehead atoms. The number of carbonyl (C=O) groups excluding carboxylic acids is 1. The fraction of sp³-hybridized carbons (Fsp3) is 0.632. The quantitative estimate of drug-likeness (QED) is 0.868. The Labute approximate surface area is 144 Å². The number of carbonyl (C=O) groups is 1. The van der Waals surface area contributed by atoms with Crippen LogP contribution in [0.5, 0.6) is 0 Å². The van der Waals surface area contributed by atoms with Crippen LogP contribution in [0.4, 0.5) is 5.69 Å². The summed E-state index contributed by atoms with van der Waals surface area (Å²) in [5.41, 5.74) is 1.72. The molecule has 24 heavy (non-hydrogen) atoms. The van der Waals surface area contributed by atoms with Gasteiger partial charge in [-0.05, 0) is 44.2 Å². The van der Waals surface area contributed by atoms with Crippen LogP contribution in [0.3, 0.4) is 0 Å². The molecule has 0 radical (unpaired) electrons. The largest absolute Gasteiger partial charge is 0.396 e. The molecule has 1 atom stereocenters. The molecule has 1 aromatic rings. The first-order valence-corrected chi connectivity index (χ1v) is 8.99. The van der Waals surface area contributed by atoms with Crippen molar-refractivity contribution < 1.29 is 14.6 Å². The van der Waals surface area contributed by atoms with E-state index in [-0.39, 0.29) is 18.6 Å². The van der Waals surface area contributed by atoms with E-state index < -0.39 is 0 Å². The molecule has 1 aliphatic heterocycles. The number of benzene rings is 1. The van der Waals surface area contributed by atoms with Crippen LogP contribution in [0.2, 0.25) is 0 Å². The summed E-state index contributed by atoms with van der Waals surface area (Å²) in [4.78, 5) is 15.0. The first-order valence-electron chi connectivity index (χ1n) is 8.99. The average Bonchev–Trinajstić information content (AvgIpc) is 3.11. The van der Waals surface area contributed by atoms with E-state index in [1.54, 1.807) is 7.11 Å². The van der Waals surface area contributed by atoms with E-state index in [1.165, 1.54) is 0 Å². The molecule has 0 unspecified atom stereocenters. The summed E-state index contributed by atoms with van der Waals surface area (Å²) in [5.74, 6) is 0.323. The number of ether oxygens (including phenoxy) is 1. The van der Waals surface area contributed by atoms with E-state index in [1.807, 2.05) is 24.3 Å². The SMILES string of the molecule is CO[C@H]1CC[C@H](NC(=O)c2ccccc2N2CC[C@H](CO)C2)CC1. The number of methoxy groups -OCH3 is 1. The van der Waals surface area contributed by atoms with E-state index in [2.05, 4.69) is 10.2 Å². The van der Waals surface area contributed by atoms with Gasteiger partial charge in [0, 0.05) is 44.5 Å². The van der Waals surface area contributed by atoms with E-state index in [0.717, 1.165) is 56.4 Å². The molecule has 0 spiro atoms. The normalized spacial score (nSPS) is 27.2. The molecular formula is C19H28N2O3. The van der Waals surface area contributed by atoms with Crippen LogP contribution < -0.4 is 10.2 Å². The average molecular weight is 332 g/mol. The monoisotopic (exact) mass is 332 g/mol. The van der Waals surface area contributed by atoms with Gasteiger partial charge in [0.05, 0.1) is 11.7 Å². The predicted octanol–water partition coefficient (Wildman–Crippen LogP) is 2.19. The predicted molar refractivity (Wildman–Crippen MR) is 94.4 cm³/mol. The van der Waals surface area contributed by atoms with Crippen molar-refractivity contribution in [1.29, 1.82) is 0 Å². The number of aliphatic hydroxyl groups excluding tert-OH is 1. The molecule has 2 aliphatic rings. The maximum absolute atomic E-state index is 12.8. The Morgan fingerprint density at radius 1 is 1.25 bits per heavy atom. The van der Waals surface area contributed by atoms with Crippen LogP contribution in [-0.2, 0) is 4.74 Å². The van der Waals surface area contributed by atoms with Crippen LogP contribution in [0.25, 0.3) is 0 Å². The van der Waals surface area contributed by atoms with Gasteiger partial charge in [0.15, 0.2) is 0 Å². The van der Waals surface area contributed by atoms with E-state index in [9.17, 15) is 9.90 Å². The third-order valence-corrected chi connectivity index (χ3v) is 5.38. The zero-order valence-corrected chi connectivity index (χ0v) is 14.4.